The molecule has 1 fully saturated rings. The fraction of sp³-hybridized carbons (Fsp3) is 0.172. The summed E-state index contributed by atoms with van der Waals surface area (Å²) in [5.74, 6) is -1.32. The van der Waals surface area contributed by atoms with Gasteiger partial charge in [-0.15, -0.1) is 11.3 Å². The van der Waals surface area contributed by atoms with E-state index in [4.69, 9.17) is 0 Å². The number of aromatic nitrogens is 2. The van der Waals surface area contributed by atoms with Gasteiger partial charge in [0.25, 0.3) is 11.5 Å². The summed E-state index contributed by atoms with van der Waals surface area (Å²) in [6.07, 6.45) is 2.45. The number of benzene rings is 2. The summed E-state index contributed by atoms with van der Waals surface area (Å²) in [5.41, 5.74) is 2.69. The van der Waals surface area contributed by atoms with Crippen LogP contribution in [0.5, 0.6) is 0 Å². The minimum absolute atomic E-state index is 0.0162. The molecular weight excluding hydrogens is 537 g/mol. The Hall–Kier alpha value is -4.02. The van der Waals surface area contributed by atoms with Crippen LogP contribution in [0.1, 0.15) is 34.5 Å². The van der Waals surface area contributed by atoms with Gasteiger partial charge in [0.1, 0.15) is 11.5 Å². The molecular formula is C29H24FN3O4S2. The van der Waals surface area contributed by atoms with Crippen molar-refractivity contribution in [2.45, 2.75) is 31.6 Å². The maximum absolute atomic E-state index is 15.2. The fourth-order valence-corrected chi connectivity index (χ4v) is 6.86. The third-order valence-corrected chi connectivity index (χ3v) is 9.64. The molecule has 1 saturated carbocycles. The van der Waals surface area contributed by atoms with Crippen LogP contribution in [0.25, 0.3) is 32.5 Å². The zero-order valence-corrected chi connectivity index (χ0v) is 22.5. The van der Waals surface area contributed by atoms with Crippen molar-refractivity contribution < 1.29 is 17.6 Å². The Kier molecular flexibility index (Phi) is 6.23. The van der Waals surface area contributed by atoms with E-state index in [1.807, 2.05) is 36.6 Å². The van der Waals surface area contributed by atoms with Gasteiger partial charge in [-0.1, -0.05) is 23.8 Å². The van der Waals surface area contributed by atoms with Crippen LogP contribution in [0.15, 0.2) is 77.0 Å². The van der Waals surface area contributed by atoms with E-state index in [0.717, 1.165) is 16.0 Å². The van der Waals surface area contributed by atoms with Crippen molar-refractivity contribution in [1.29, 1.82) is 0 Å². The maximum Gasteiger partial charge on any atom is 0.282 e. The smallest absolute Gasteiger partial charge is 0.282 e. The molecule has 0 saturated heterocycles. The second-order valence-electron chi connectivity index (χ2n) is 9.70. The van der Waals surface area contributed by atoms with Crippen molar-refractivity contribution >= 4 is 38.2 Å². The first-order chi connectivity index (χ1) is 18.7. The number of hydrogen-bond acceptors (Lipinski definition) is 5. The largest absolute Gasteiger partial charge is 0.331 e. The molecule has 0 radical (unpaired) electrons. The molecule has 5 aromatic rings. The first kappa shape index (κ1) is 25.3. The van der Waals surface area contributed by atoms with Crippen molar-refractivity contribution in [3.05, 3.63) is 105 Å². The Morgan fingerprint density at radius 1 is 1.13 bits per heavy atom. The monoisotopic (exact) mass is 561 g/mol. The van der Waals surface area contributed by atoms with E-state index in [-0.39, 0.29) is 17.8 Å². The van der Waals surface area contributed by atoms with E-state index < -0.39 is 32.6 Å². The minimum Gasteiger partial charge on any atom is -0.331 e. The lowest BCUT2D eigenvalue weighted by atomic mass is 10.0. The summed E-state index contributed by atoms with van der Waals surface area (Å²) in [4.78, 5) is 30.3. The summed E-state index contributed by atoms with van der Waals surface area (Å²) in [6.45, 7) is 1.83. The Morgan fingerprint density at radius 3 is 2.67 bits per heavy atom. The second kappa shape index (κ2) is 9.62. The molecule has 0 aliphatic heterocycles. The van der Waals surface area contributed by atoms with Gasteiger partial charge in [-0.25, -0.2) is 17.5 Å². The van der Waals surface area contributed by atoms with Crippen LogP contribution in [0.2, 0.25) is 0 Å². The summed E-state index contributed by atoms with van der Waals surface area (Å²) in [6, 6.07) is 17.4. The van der Waals surface area contributed by atoms with Crippen molar-refractivity contribution in [2.24, 2.45) is 0 Å². The van der Waals surface area contributed by atoms with Crippen LogP contribution in [0.4, 0.5) is 4.39 Å². The van der Waals surface area contributed by atoms with E-state index >= 15 is 4.39 Å². The van der Waals surface area contributed by atoms with Crippen LogP contribution < -0.4 is 10.3 Å². The number of carbonyl (C=O) groups is 1. The molecule has 0 spiro atoms. The van der Waals surface area contributed by atoms with Gasteiger partial charge in [0.2, 0.25) is 10.0 Å². The number of pyridine rings is 1. The van der Waals surface area contributed by atoms with Gasteiger partial charge in [-0.05, 0) is 73.2 Å². The number of sulfonamides is 1. The Balaban J connectivity index is 1.60. The molecule has 1 aliphatic rings. The highest BCUT2D eigenvalue weighted by Crippen LogP contribution is 2.36. The van der Waals surface area contributed by atoms with Crippen molar-refractivity contribution in [2.75, 3.05) is 0 Å². The third kappa shape index (κ3) is 4.70. The zero-order valence-electron chi connectivity index (χ0n) is 20.9. The molecule has 7 nitrogen and oxygen atoms in total. The standard InChI is InChI=1S/C29H24FN3O4S2/c1-17-6-11-24-22(14-17)26(21-4-2-12-31-28(21)34)27(29(35)32-39(36,37)20-8-9-20)33(24)16-19-15-18(7-10-23(19)30)25-5-3-13-38-25/h2-7,10-15,20H,8-9,16H2,1H3,(H,31,34)(H,32,35). The molecule has 39 heavy (non-hydrogen) atoms. The molecule has 2 N–H and O–H groups in total. The highest BCUT2D eigenvalue weighted by molar-refractivity contribution is 7.91. The van der Waals surface area contributed by atoms with Crippen LogP contribution in [-0.4, -0.2) is 29.1 Å². The normalized spacial score (nSPS) is 13.6. The average Bonchev–Trinajstić information content (AvgIpc) is 3.55. The van der Waals surface area contributed by atoms with Crippen LogP contribution in [0, 0.1) is 12.7 Å². The first-order valence-electron chi connectivity index (χ1n) is 12.4. The van der Waals surface area contributed by atoms with Crippen LogP contribution in [-0.2, 0) is 16.6 Å². The molecule has 3 aromatic heterocycles. The molecule has 0 unspecified atom stereocenters. The Bertz CT molecular complexity index is 1900. The lowest BCUT2D eigenvalue weighted by Gasteiger charge is -2.14. The summed E-state index contributed by atoms with van der Waals surface area (Å²) in [7, 11) is -3.89. The van der Waals surface area contributed by atoms with E-state index in [0.29, 0.717) is 34.9 Å². The number of carbonyl (C=O) groups excluding carboxylic acids is 1. The highest BCUT2D eigenvalue weighted by atomic mass is 32.2. The number of thiophene rings is 1. The lowest BCUT2D eigenvalue weighted by Crippen LogP contribution is -2.35. The first-order valence-corrected chi connectivity index (χ1v) is 14.8. The molecule has 3 heterocycles. The number of fused-ring (bicyclic) bond motifs is 1. The third-order valence-electron chi connectivity index (χ3n) is 6.90. The minimum atomic E-state index is -3.89. The quantitative estimate of drug-likeness (QED) is 0.276. The van der Waals surface area contributed by atoms with Crippen molar-refractivity contribution in [3.63, 3.8) is 0 Å². The average molecular weight is 562 g/mol. The Labute approximate surface area is 228 Å². The molecule has 6 rings (SSSR count). The number of rotatable bonds is 7. The number of nitrogens with zero attached hydrogens (tertiary/aromatic N) is 1. The molecule has 198 valence electrons. The number of hydrogen-bond donors (Lipinski definition) is 2. The highest BCUT2D eigenvalue weighted by Gasteiger charge is 2.38. The zero-order chi connectivity index (χ0) is 27.3. The Morgan fingerprint density at radius 2 is 1.95 bits per heavy atom. The van der Waals surface area contributed by atoms with E-state index in [1.54, 1.807) is 34.9 Å². The molecule has 1 aliphatic carbocycles. The van der Waals surface area contributed by atoms with Gasteiger partial charge in [-0.2, -0.15) is 0 Å². The van der Waals surface area contributed by atoms with Gasteiger partial charge in [0, 0.05) is 38.7 Å². The van der Waals surface area contributed by atoms with Gasteiger partial charge < -0.3 is 9.55 Å². The topological polar surface area (TPSA) is 101 Å². The molecule has 2 aromatic carbocycles. The molecule has 1 amide bonds. The molecule has 0 bridgehead atoms. The van der Waals surface area contributed by atoms with E-state index in [9.17, 15) is 18.0 Å². The van der Waals surface area contributed by atoms with Gasteiger partial charge in [0.15, 0.2) is 0 Å². The SMILES string of the molecule is Cc1ccc2c(c1)c(-c1ccc[nH]c1=O)c(C(=O)NS(=O)(=O)C1CC1)n2Cc1cc(-c2cccs2)ccc1F. The summed E-state index contributed by atoms with van der Waals surface area (Å²) < 4.78 is 44.6. The number of aryl methyl sites for hydroxylation is 1. The van der Waals surface area contributed by atoms with Crippen molar-refractivity contribution in [1.82, 2.24) is 14.3 Å². The number of nitrogens with one attached hydrogen (secondary N) is 2. The van der Waals surface area contributed by atoms with E-state index in [1.165, 1.54) is 23.6 Å². The van der Waals surface area contributed by atoms with Gasteiger partial charge >= 0.3 is 0 Å². The van der Waals surface area contributed by atoms with Gasteiger partial charge in [-0.3, -0.25) is 9.59 Å². The fourth-order valence-electron chi connectivity index (χ4n) is 4.86. The van der Waals surface area contributed by atoms with Crippen molar-refractivity contribution in [3.8, 4) is 21.6 Å². The second-order valence-corrected chi connectivity index (χ2v) is 12.6. The molecule has 0 atom stereocenters. The number of aromatic amines is 1. The summed E-state index contributed by atoms with van der Waals surface area (Å²) >= 11 is 1.53. The predicted octanol–water partition coefficient (Wildman–Crippen LogP) is 5.44. The number of amides is 1. The lowest BCUT2D eigenvalue weighted by molar-refractivity contribution is 0.0974. The predicted molar refractivity (Wildman–Crippen MR) is 151 cm³/mol. The van der Waals surface area contributed by atoms with Gasteiger partial charge in [0.05, 0.1) is 11.8 Å². The van der Waals surface area contributed by atoms with E-state index in [2.05, 4.69) is 9.71 Å². The maximum atomic E-state index is 15.2. The number of H-pyrrole nitrogens is 1. The molecule has 10 heteroatoms. The van der Waals surface area contributed by atoms with Crippen LogP contribution >= 0.6 is 11.3 Å². The van der Waals surface area contributed by atoms with Crippen LogP contribution in [0.3, 0.4) is 0 Å². The summed E-state index contributed by atoms with van der Waals surface area (Å²) in [5, 5.41) is 1.91. The number of halogens is 1.